The molecule has 1 aromatic carbocycles. The molecule has 1 aliphatic heterocycles. The van der Waals surface area contributed by atoms with Crippen LogP contribution < -0.4 is 10.6 Å². The average Bonchev–Trinajstić information content (AvgIpc) is 2.78. The molecule has 2 aliphatic rings. The summed E-state index contributed by atoms with van der Waals surface area (Å²) in [5.41, 5.74) is 3.26. The van der Waals surface area contributed by atoms with Gasteiger partial charge < -0.3 is 10.6 Å². The number of amides is 1. The van der Waals surface area contributed by atoms with E-state index in [-0.39, 0.29) is 11.9 Å². The zero-order chi connectivity index (χ0) is 14.7. The lowest BCUT2D eigenvalue weighted by atomic mass is 9.93. The molecule has 3 rings (SSSR count). The van der Waals surface area contributed by atoms with Gasteiger partial charge in [-0.2, -0.15) is 0 Å². The maximum Gasteiger partial charge on any atom is 0.251 e. The van der Waals surface area contributed by atoms with Crippen molar-refractivity contribution >= 4 is 11.6 Å². The van der Waals surface area contributed by atoms with Gasteiger partial charge in [0.15, 0.2) is 0 Å². The maximum atomic E-state index is 12.5. The SMILES string of the molecule is C[C@H](NC(=O)c1ccc2c(c1)CCN2)C1CCCCCC1. The highest BCUT2D eigenvalue weighted by atomic mass is 16.1. The quantitative estimate of drug-likeness (QED) is 0.831. The van der Waals surface area contributed by atoms with Gasteiger partial charge in [0.2, 0.25) is 0 Å². The van der Waals surface area contributed by atoms with Crippen LogP contribution >= 0.6 is 0 Å². The van der Waals surface area contributed by atoms with Crippen molar-refractivity contribution in [2.45, 2.75) is 57.9 Å². The molecule has 1 aliphatic carbocycles. The van der Waals surface area contributed by atoms with Gasteiger partial charge in [-0.1, -0.05) is 25.7 Å². The summed E-state index contributed by atoms with van der Waals surface area (Å²) in [6.45, 7) is 3.15. The standard InChI is InChI=1S/C18H26N2O/c1-13(14-6-4-2-3-5-7-14)20-18(21)16-8-9-17-15(12-16)10-11-19-17/h8-9,12-14,19H,2-7,10-11H2,1H3,(H,20,21)/t13-/m0/s1. The molecular weight excluding hydrogens is 260 g/mol. The van der Waals surface area contributed by atoms with Crippen LogP contribution in [0.2, 0.25) is 0 Å². The van der Waals surface area contributed by atoms with Gasteiger partial charge in [-0.25, -0.2) is 0 Å². The van der Waals surface area contributed by atoms with Crippen LogP contribution in [0, 0.1) is 5.92 Å². The van der Waals surface area contributed by atoms with Crippen molar-refractivity contribution in [1.82, 2.24) is 5.32 Å². The van der Waals surface area contributed by atoms with Crippen LogP contribution in [0.3, 0.4) is 0 Å². The van der Waals surface area contributed by atoms with E-state index in [0.717, 1.165) is 18.5 Å². The molecule has 1 fully saturated rings. The van der Waals surface area contributed by atoms with E-state index in [2.05, 4.69) is 17.6 Å². The summed E-state index contributed by atoms with van der Waals surface area (Å²) in [5, 5.41) is 6.56. The number of nitrogens with one attached hydrogen (secondary N) is 2. The molecule has 1 atom stereocenters. The van der Waals surface area contributed by atoms with E-state index in [1.165, 1.54) is 49.8 Å². The molecule has 1 amide bonds. The van der Waals surface area contributed by atoms with Crippen LogP contribution in [-0.4, -0.2) is 18.5 Å². The van der Waals surface area contributed by atoms with Crippen LogP contribution in [0.1, 0.15) is 61.4 Å². The maximum absolute atomic E-state index is 12.5. The minimum absolute atomic E-state index is 0.0847. The van der Waals surface area contributed by atoms with E-state index in [9.17, 15) is 4.79 Å². The minimum atomic E-state index is 0.0847. The monoisotopic (exact) mass is 286 g/mol. The Labute approximate surface area is 127 Å². The lowest BCUT2D eigenvalue weighted by molar-refractivity contribution is 0.0924. The second kappa shape index (κ2) is 6.50. The summed E-state index contributed by atoms with van der Waals surface area (Å²) in [7, 11) is 0. The molecule has 1 aromatic rings. The number of carbonyl (C=O) groups excluding carboxylic acids is 1. The van der Waals surface area contributed by atoms with Gasteiger partial charge in [0, 0.05) is 23.8 Å². The van der Waals surface area contributed by atoms with Crippen molar-refractivity contribution in [2.24, 2.45) is 5.92 Å². The summed E-state index contributed by atoms with van der Waals surface area (Å²) in [6, 6.07) is 6.30. The van der Waals surface area contributed by atoms with Crippen LogP contribution in [0.25, 0.3) is 0 Å². The van der Waals surface area contributed by atoms with Gasteiger partial charge in [-0.3, -0.25) is 4.79 Å². The first kappa shape index (κ1) is 14.4. The van der Waals surface area contributed by atoms with Gasteiger partial charge in [-0.05, 0) is 55.9 Å². The molecule has 0 unspecified atom stereocenters. The predicted octanol–water partition coefficient (Wildman–Crippen LogP) is 3.74. The third kappa shape index (κ3) is 3.39. The Morgan fingerprint density at radius 2 is 2.00 bits per heavy atom. The Morgan fingerprint density at radius 3 is 2.76 bits per heavy atom. The Morgan fingerprint density at radius 1 is 1.24 bits per heavy atom. The Bertz CT molecular complexity index is 504. The summed E-state index contributed by atoms with van der Waals surface area (Å²) in [5.74, 6) is 0.731. The lowest BCUT2D eigenvalue weighted by Crippen LogP contribution is -2.38. The molecule has 1 saturated carbocycles. The highest BCUT2D eigenvalue weighted by Gasteiger charge is 2.21. The van der Waals surface area contributed by atoms with Gasteiger partial charge in [-0.15, -0.1) is 0 Å². The molecule has 0 radical (unpaired) electrons. The van der Waals surface area contributed by atoms with Crippen LogP contribution in [0.15, 0.2) is 18.2 Å². The first-order chi connectivity index (χ1) is 10.2. The van der Waals surface area contributed by atoms with Crippen molar-refractivity contribution in [3.8, 4) is 0 Å². The molecule has 0 bridgehead atoms. The first-order valence-electron chi connectivity index (χ1n) is 8.42. The molecular formula is C18H26N2O. The highest BCUT2D eigenvalue weighted by Crippen LogP contribution is 2.26. The molecule has 0 spiro atoms. The van der Waals surface area contributed by atoms with Crippen molar-refractivity contribution < 1.29 is 4.79 Å². The second-order valence-corrected chi connectivity index (χ2v) is 6.56. The van der Waals surface area contributed by atoms with Crippen LogP contribution in [-0.2, 0) is 6.42 Å². The average molecular weight is 286 g/mol. The van der Waals surface area contributed by atoms with E-state index in [1.54, 1.807) is 0 Å². The molecule has 21 heavy (non-hydrogen) atoms. The third-order valence-corrected chi connectivity index (χ3v) is 5.04. The fourth-order valence-electron chi connectivity index (χ4n) is 3.66. The van der Waals surface area contributed by atoms with Crippen molar-refractivity contribution in [3.05, 3.63) is 29.3 Å². The molecule has 2 N–H and O–H groups in total. The highest BCUT2D eigenvalue weighted by molar-refractivity contribution is 5.95. The lowest BCUT2D eigenvalue weighted by Gasteiger charge is -2.23. The van der Waals surface area contributed by atoms with E-state index >= 15 is 0 Å². The normalized spacial score (nSPS) is 20.2. The summed E-state index contributed by atoms with van der Waals surface area (Å²) >= 11 is 0. The van der Waals surface area contributed by atoms with Crippen molar-refractivity contribution in [2.75, 3.05) is 11.9 Å². The Balaban J connectivity index is 1.62. The van der Waals surface area contributed by atoms with Crippen molar-refractivity contribution in [3.63, 3.8) is 0 Å². The van der Waals surface area contributed by atoms with E-state index in [4.69, 9.17) is 0 Å². The third-order valence-electron chi connectivity index (χ3n) is 5.04. The molecule has 0 aromatic heterocycles. The summed E-state index contributed by atoms with van der Waals surface area (Å²) in [4.78, 5) is 12.5. The molecule has 3 heteroatoms. The number of rotatable bonds is 3. The largest absolute Gasteiger partial charge is 0.384 e. The second-order valence-electron chi connectivity index (χ2n) is 6.56. The summed E-state index contributed by atoms with van der Waals surface area (Å²) in [6.07, 6.45) is 8.88. The Kier molecular flexibility index (Phi) is 4.47. The number of hydrogen-bond donors (Lipinski definition) is 2. The van der Waals surface area contributed by atoms with E-state index < -0.39 is 0 Å². The smallest absolute Gasteiger partial charge is 0.251 e. The first-order valence-corrected chi connectivity index (χ1v) is 8.42. The summed E-state index contributed by atoms with van der Waals surface area (Å²) < 4.78 is 0. The molecule has 0 saturated heterocycles. The van der Waals surface area contributed by atoms with Crippen LogP contribution in [0.4, 0.5) is 5.69 Å². The number of carbonyl (C=O) groups is 1. The Hall–Kier alpha value is -1.51. The number of fused-ring (bicyclic) bond motifs is 1. The van der Waals surface area contributed by atoms with E-state index in [0.29, 0.717) is 5.92 Å². The number of benzene rings is 1. The van der Waals surface area contributed by atoms with Crippen molar-refractivity contribution in [1.29, 1.82) is 0 Å². The molecule has 1 heterocycles. The number of hydrogen-bond acceptors (Lipinski definition) is 2. The van der Waals surface area contributed by atoms with Gasteiger partial charge >= 0.3 is 0 Å². The van der Waals surface area contributed by atoms with Gasteiger partial charge in [0.25, 0.3) is 5.91 Å². The van der Waals surface area contributed by atoms with Gasteiger partial charge in [0.1, 0.15) is 0 Å². The predicted molar refractivity (Wildman–Crippen MR) is 86.8 cm³/mol. The fraction of sp³-hybridized carbons (Fsp3) is 0.611. The molecule has 3 nitrogen and oxygen atoms in total. The topological polar surface area (TPSA) is 41.1 Å². The number of anilines is 1. The zero-order valence-electron chi connectivity index (χ0n) is 13.0. The zero-order valence-corrected chi connectivity index (χ0v) is 13.0. The minimum Gasteiger partial charge on any atom is -0.384 e. The van der Waals surface area contributed by atoms with E-state index in [1.807, 2.05) is 18.2 Å². The van der Waals surface area contributed by atoms with Crippen LogP contribution in [0.5, 0.6) is 0 Å². The fourth-order valence-corrected chi connectivity index (χ4v) is 3.66. The van der Waals surface area contributed by atoms with Gasteiger partial charge in [0.05, 0.1) is 0 Å². The molecule has 114 valence electrons.